The van der Waals surface area contributed by atoms with Crippen LogP contribution in [0.3, 0.4) is 0 Å². The van der Waals surface area contributed by atoms with Crippen LogP contribution in [0.15, 0.2) is 30.4 Å². The van der Waals surface area contributed by atoms with Gasteiger partial charge in [-0.2, -0.15) is 0 Å². The molecule has 1 aromatic rings. The summed E-state index contributed by atoms with van der Waals surface area (Å²) in [6.07, 6.45) is 5.05. The average Bonchev–Trinajstić information content (AvgIpc) is 3.08. The van der Waals surface area contributed by atoms with Gasteiger partial charge in [0.1, 0.15) is 17.8 Å². The van der Waals surface area contributed by atoms with E-state index in [1.165, 1.54) is 11.0 Å². The molecule has 0 aliphatic carbocycles. The molecule has 0 unspecified atom stereocenters. The smallest absolute Gasteiger partial charge is 0.414 e. The first kappa shape index (κ1) is 28.6. The summed E-state index contributed by atoms with van der Waals surface area (Å²) in [5.41, 5.74) is 1.58. The van der Waals surface area contributed by atoms with Gasteiger partial charge in [-0.15, -0.1) is 0 Å². The van der Waals surface area contributed by atoms with Crippen LogP contribution in [0.4, 0.5) is 10.5 Å². The van der Waals surface area contributed by atoms with Gasteiger partial charge in [-0.05, 0) is 84.2 Å². The molecule has 0 N–H and O–H groups in total. The molecular formula is C29H39NO7. The summed E-state index contributed by atoms with van der Waals surface area (Å²) in [5, 5.41) is 0. The maximum absolute atomic E-state index is 13.3. The lowest BCUT2D eigenvalue weighted by Crippen LogP contribution is -2.34. The third-order valence-electron chi connectivity index (χ3n) is 6.34. The number of fused-ring (bicyclic) bond motifs is 2. The van der Waals surface area contributed by atoms with Crippen LogP contribution in [-0.4, -0.2) is 54.6 Å². The molecule has 0 radical (unpaired) electrons. The minimum absolute atomic E-state index is 0.191. The van der Waals surface area contributed by atoms with Crippen LogP contribution >= 0.6 is 0 Å². The molecule has 1 fully saturated rings. The molecular weight excluding hydrogens is 474 g/mol. The Morgan fingerprint density at radius 1 is 1.11 bits per heavy atom. The number of hydrogen-bond donors (Lipinski definition) is 0. The van der Waals surface area contributed by atoms with Crippen molar-refractivity contribution >= 4 is 29.6 Å². The molecule has 1 amide bonds. The number of ketones is 1. The normalized spacial score (nSPS) is 26.9. The van der Waals surface area contributed by atoms with Crippen LogP contribution in [0.1, 0.15) is 76.4 Å². The Labute approximate surface area is 219 Å². The fraction of sp³-hybridized carbons (Fsp3) is 0.552. The van der Waals surface area contributed by atoms with Gasteiger partial charge in [0, 0.05) is 18.7 Å². The minimum Gasteiger partial charge on any atom is -0.458 e. The van der Waals surface area contributed by atoms with E-state index in [1.54, 1.807) is 72.9 Å². The number of amides is 1. The monoisotopic (exact) mass is 513 g/mol. The highest BCUT2D eigenvalue weighted by atomic mass is 16.8. The van der Waals surface area contributed by atoms with E-state index < -0.39 is 41.8 Å². The van der Waals surface area contributed by atoms with E-state index in [9.17, 15) is 14.4 Å². The van der Waals surface area contributed by atoms with E-state index in [-0.39, 0.29) is 11.7 Å². The summed E-state index contributed by atoms with van der Waals surface area (Å²) < 4.78 is 23.2. The van der Waals surface area contributed by atoms with Gasteiger partial charge in [-0.25, -0.2) is 9.59 Å². The van der Waals surface area contributed by atoms with Gasteiger partial charge in [0.2, 0.25) is 0 Å². The first-order valence-corrected chi connectivity index (χ1v) is 12.6. The Kier molecular flexibility index (Phi) is 8.34. The highest BCUT2D eigenvalue weighted by molar-refractivity contribution is 5.98. The van der Waals surface area contributed by atoms with E-state index in [2.05, 4.69) is 0 Å². The zero-order chi connectivity index (χ0) is 27.7. The molecule has 2 aliphatic rings. The van der Waals surface area contributed by atoms with Gasteiger partial charge in [0.05, 0.1) is 11.7 Å². The number of benzene rings is 1. The number of carbonyl (C=O) groups is 3. The molecule has 0 aromatic heterocycles. The molecule has 0 saturated carbocycles. The second-order valence-corrected chi connectivity index (χ2v) is 11.2. The summed E-state index contributed by atoms with van der Waals surface area (Å²) >= 11 is 0. The molecule has 1 saturated heterocycles. The minimum atomic E-state index is -0.892. The molecule has 1 aromatic carbocycles. The Morgan fingerprint density at radius 3 is 2.43 bits per heavy atom. The number of cyclic esters (lactones) is 1. The fourth-order valence-electron chi connectivity index (χ4n) is 4.25. The van der Waals surface area contributed by atoms with E-state index in [1.807, 2.05) is 19.9 Å². The quantitative estimate of drug-likeness (QED) is 0.451. The van der Waals surface area contributed by atoms with Crippen molar-refractivity contribution in [3.05, 3.63) is 47.1 Å². The van der Waals surface area contributed by atoms with Crippen LogP contribution in [0.5, 0.6) is 0 Å². The van der Waals surface area contributed by atoms with E-state index in [0.29, 0.717) is 28.8 Å². The first-order valence-electron chi connectivity index (χ1n) is 12.6. The van der Waals surface area contributed by atoms with Crippen molar-refractivity contribution in [1.29, 1.82) is 0 Å². The lowest BCUT2D eigenvalue weighted by molar-refractivity contribution is -0.152. The Morgan fingerprint density at radius 2 is 1.78 bits per heavy atom. The second kappa shape index (κ2) is 10.8. The number of esters is 1. The van der Waals surface area contributed by atoms with Gasteiger partial charge in [0.15, 0.2) is 11.6 Å². The summed E-state index contributed by atoms with van der Waals surface area (Å²) in [6, 6.07) is 3.52. The number of ether oxygens (including phenoxy) is 4. The van der Waals surface area contributed by atoms with Crippen molar-refractivity contribution in [3.8, 4) is 0 Å². The number of aryl methyl sites for hydroxylation is 1. The van der Waals surface area contributed by atoms with Crippen molar-refractivity contribution in [2.24, 2.45) is 5.92 Å². The van der Waals surface area contributed by atoms with E-state index in [4.69, 9.17) is 18.9 Å². The summed E-state index contributed by atoms with van der Waals surface area (Å²) in [7, 11) is 1.62. The number of nitrogens with zero attached hydrogens (tertiary/aromatic N) is 1. The molecule has 2 aliphatic heterocycles. The maximum atomic E-state index is 13.3. The van der Waals surface area contributed by atoms with Gasteiger partial charge in [-0.3, -0.25) is 9.69 Å². The predicted octanol–water partition coefficient (Wildman–Crippen LogP) is 5.61. The zero-order valence-electron chi connectivity index (χ0n) is 23.3. The second-order valence-electron chi connectivity index (χ2n) is 11.2. The third-order valence-corrected chi connectivity index (χ3v) is 6.34. The Bertz CT molecular complexity index is 1110. The summed E-state index contributed by atoms with van der Waals surface area (Å²) in [4.78, 5) is 40.3. The summed E-state index contributed by atoms with van der Waals surface area (Å²) in [5.74, 6) is -1.76. The molecule has 8 nitrogen and oxygen atoms in total. The standard InChI is InChI=1S/C29H39NO7/c1-17-13-14-22(31)25-23(35-29(7,8)36-25)12-10-11-20-16-21(30(9)27(33)37-28(4,5)6)15-18(2)24(20)26(32)34-19(17)3/h10-11,13-17,19,23,25H,12H2,1-9H3/b11-10?,14-13-/t17-,19+,23+,25+/m1/s1. The lowest BCUT2D eigenvalue weighted by atomic mass is 9.97. The van der Waals surface area contributed by atoms with Gasteiger partial charge in [0.25, 0.3) is 0 Å². The lowest BCUT2D eigenvalue weighted by Gasteiger charge is -2.26. The fourth-order valence-corrected chi connectivity index (χ4v) is 4.25. The molecule has 0 bridgehead atoms. The van der Waals surface area contributed by atoms with Crippen molar-refractivity contribution in [3.63, 3.8) is 0 Å². The average molecular weight is 514 g/mol. The highest BCUT2D eigenvalue weighted by Gasteiger charge is 2.43. The van der Waals surface area contributed by atoms with Crippen LogP contribution in [0, 0.1) is 12.8 Å². The van der Waals surface area contributed by atoms with Gasteiger partial charge >= 0.3 is 12.1 Å². The molecule has 37 heavy (non-hydrogen) atoms. The molecule has 3 rings (SSSR count). The highest BCUT2D eigenvalue weighted by Crippen LogP contribution is 2.32. The Balaban J connectivity index is 2.04. The van der Waals surface area contributed by atoms with Crippen molar-refractivity contribution in [2.45, 2.75) is 91.5 Å². The third kappa shape index (κ3) is 7.08. The van der Waals surface area contributed by atoms with Crippen LogP contribution < -0.4 is 4.90 Å². The van der Waals surface area contributed by atoms with Crippen molar-refractivity contribution in [2.75, 3.05) is 11.9 Å². The zero-order valence-corrected chi connectivity index (χ0v) is 23.3. The molecule has 0 spiro atoms. The van der Waals surface area contributed by atoms with E-state index in [0.717, 1.165) is 0 Å². The Hall–Kier alpha value is -2.97. The van der Waals surface area contributed by atoms with Crippen LogP contribution in [-0.2, 0) is 23.7 Å². The molecule has 8 heteroatoms. The predicted molar refractivity (Wildman–Crippen MR) is 141 cm³/mol. The largest absolute Gasteiger partial charge is 0.458 e. The number of rotatable bonds is 1. The topological polar surface area (TPSA) is 91.4 Å². The van der Waals surface area contributed by atoms with Crippen LogP contribution in [0.2, 0.25) is 0 Å². The molecule has 2 heterocycles. The summed E-state index contributed by atoms with van der Waals surface area (Å²) in [6.45, 7) is 14.5. The SMILES string of the molecule is Cc1cc(N(C)C(=O)OC(C)(C)C)cc2c1C(=O)O[C@@H](C)[C@H](C)/C=C\C(=O)[C@@H]1OC(C)(C)O[C@H]1CC=C2. The number of anilines is 1. The van der Waals surface area contributed by atoms with Crippen molar-refractivity contribution in [1.82, 2.24) is 0 Å². The molecule has 4 atom stereocenters. The van der Waals surface area contributed by atoms with Crippen molar-refractivity contribution < 1.29 is 33.3 Å². The van der Waals surface area contributed by atoms with Crippen LogP contribution in [0.25, 0.3) is 6.08 Å². The maximum Gasteiger partial charge on any atom is 0.414 e. The van der Waals surface area contributed by atoms with Gasteiger partial charge in [-0.1, -0.05) is 25.2 Å². The van der Waals surface area contributed by atoms with E-state index >= 15 is 0 Å². The number of hydrogen-bond acceptors (Lipinski definition) is 7. The van der Waals surface area contributed by atoms with Gasteiger partial charge < -0.3 is 18.9 Å². The molecule has 202 valence electrons. The number of carbonyl (C=O) groups excluding carboxylic acids is 3. The first-order chi connectivity index (χ1) is 17.1.